The van der Waals surface area contributed by atoms with E-state index in [0.717, 1.165) is 16.6 Å². The van der Waals surface area contributed by atoms with Crippen molar-refractivity contribution in [1.29, 1.82) is 0 Å². The average molecular weight is 657 g/mol. The molecule has 51 heavy (non-hydrogen) atoms. The Morgan fingerprint density at radius 3 is 2.18 bits per heavy atom. The minimum atomic E-state index is -0.171. The van der Waals surface area contributed by atoms with E-state index in [-0.39, 0.29) is 17.7 Å². The number of furan rings is 1. The molecule has 244 valence electrons. The molecule has 4 heterocycles. The lowest BCUT2D eigenvalue weighted by Gasteiger charge is -2.50. The number of benzene rings is 7. The van der Waals surface area contributed by atoms with Gasteiger partial charge in [-0.25, -0.2) is 0 Å². The van der Waals surface area contributed by atoms with Gasteiger partial charge < -0.3 is 14.1 Å². The lowest BCUT2D eigenvalue weighted by molar-refractivity contribution is 0.590. The van der Waals surface area contributed by atoms with Gasteiger partial charge >= 0.3 is 6.85 Å². The molecule has 8 aromatic rings. The van der Waals surface area contributed by atoms with E-state index in [9.17, 15) is 0 Å². The van der Waals surface area contributed by atoms with Crippen LogP contribution >= 0.6 is 0 Å². The summed E-state index contributed by atoms with van der Waals surface area (Å²) in [5.74, 6) is 0. The van der Waals surface area contributed by atoms with Crippen molar-refractivity contribution in [1.82, 2.24) is 0 Å². The van der Waals surface area contributed by atoms with Crippen LogP contribution in [0.25, 0.3) is 43.8 Å². The Kier molecular flexibility index (Phi) is 5.54. The van der Waals surface area contributed by atoms with Crippen molar-refractivity contribution in [3.05, 3.63) is 150 Å². The summed E-state index contributed by atoms with van der Waals surface area (Å²) in [5, 5.41) is 4.84. The highest BCUT2D eigenvalue weighted by molar-refractivity contribution is 6.94. The van der Waals surface area contributed by atoms with Crippen LogP contribution in [0.5, 0.6) is 0 Å². The average Bonchev–Trinajstić information content (AvgIpc) is 3.53. The first-order valence-corrected chi connectivity index (χ1v) is 18.1. The molecule has 0 saturated heterocycles. The summed E-state index contributed by atoms with van der Waals surface area (Å²) in [4.78, 5) is 5.23. The second kappa shape index (κ2) is 9.73. The molecular formula is C47H37BN2O. The van der Waals surface area contributed by atoms with Gasteiger partial charge in [0, 0.05) is 39.1 Å². The predicted octanol–water partition coefficient (Wildman–Crippen LogP) is 11.4. The van der Waals surface area contributed by atoms with Gasteiger partial charge in [0.15, 0.2) is 0 Å². The van der Waals surface area contributed by atoms with Gasteiger partial charge in [-0.1, -0.05) is 126 Å². The number of para-hydroxylation sites is 3. The quantitative estimate of drug-likeness (QED) is 0.164. The van der Waals surface area contributed by atoms with Gasteiger partial charge in [-0.2, -0.15) is 0 Å². The van der Waals surface area contributed by atoms with Gasteiger partial charge in [0.2, 0.25) is 0 Å². The zero-order chi connectivity index (χ0) is 34.4. The van der Waals surface area contributed by atoms with Gasteiger partial charge in [0.05, 0.1) is 11.1 Å². The predicted molar refractivity (Wildman–Crippen MR) is 216 cm³/mol. The largest absolute Gasteiger partial charge is 0.456 e. The topological polar surface area (TPSA) is 19.6 Å². The Hall–Kier alpha value is -5.74. The molecule has 1 aromatic heterocycles. The van der Waals surface area contributed by atoms with E-state index in [0.29, 0.717) is 0 Å². The normalized spacial score (nSPS) is 15.2. The maximum Gasteiger partial charge on any atom is 0.333 e. The van der Waals surface area contributed by atoms with Crippen molar-refractivity contribution in [2.45, 2.75) is 45.4 Å². The summed E-state index contributed by atoms with van der Waals surface area (Å²) < 4.78 is 6.61. The molecule has 0 fully saturated rings. The maximum atomic E-state index is 6.61. The molecule has 4 heteroatoms. The van der Waals surface area contributed by atoms with Gasteiger partial charge in [-0.05, 0) is 91.8 Å². The van der Waals surface area contributed by atoms with E-state index in [1.165, 1.54) is 83.3 Å². The van der Waals surface area contributed by atoms with Crippen LogP contribution in [0.2, 0.25) is 0 Å². The summed E-state index contributed by atoms with van der Waals surface area (Å²) in [6.07, 6.45) is 0. The fraction of sp³-hybridized carbons (Fsp3) is 0.149. The monoisotopic (exact) mass is 656 g/mol. The molecular weight excluding hydrogens is 619 g/mol. The molecule has 3 aliphatic rings. The smallest absolute Gasteiger partial charge is 0.333 e. The first kappa shape index (κ1) is 29.0. The van der Waals surface area contributed by atoms with E-state index >= 15 is 0 Å². The van der Waals surface area contributed by atoms with Crippen molar-refractivity contribution in [2.75, 3.05) is 9.71 Å². The summed E-state index contributed by atoms with van der Waals surface area (Å²) in [5.41, 5.74) is 17.2. The highest BCUT2D eigenvalue weighted by Gasteiger charge is 2.50. The van der Waals surface area contributed by atoms with Crippen LogP contribution in [0, 0.1) is 0 Å². The highest BCUT2D eigenvalue weighted by atomic mass is 16.3. The minimum Gasteiger partial charge on any atom is -0.456 e. The number of fused-ring (bicyclic) bond motifs is 12. The molecule has 3 nitrogen and oxygen atoms in total. The molecule has 3 aliphatic heterocycles. The van der Waals surface area contributed by atoms with Crippen LogP contribution in [-0.2, 0) is 10.8 Å². The van der Waals surface area contributed by atoms with Crippen LogP contribution in [0.3, 0.4) is 0 Å². The van der Waals surface area contributed by atoms with Crippen molar-refractivity contribution < 1.29 is 4.42 Å². The third-order valence-corrected chi connectivity index (χ3v) is 12.0. The van der Waals surface area contributed by atoms with E-state index in [1.807, 2.05) is 0 Å². The molecule has 0 aliphatic carbocycles. The molecule has 0 bridgehead atoms. The Balaban J connectivity index is 1.35. The number of anilines is 5. The molecule has 7 aromatic carbocycles. The fourth-order valence-corrected chi connectivity index (χ4v) is 9.55. The minimum absolute atomic E-state index is 0.0495. The molecule has 0 amide bonds. The first-order chi connectivity index (χ1) is 24.7. The second-order valence-electron chi connectivity index (χ2n) is 16.1. The Labute approximate surface area is 298 Å². The van der Waals surface area contributed by atoms with E-state index in [1.54, 1.807) is 0 Å². The van der Waals surface area contributed by atoms with Gasteiger partial charge in [-0.3, -0.25) is 0 Å². The standard InChI is InChI=1S/C47H37BN2O/c1-46(2,3)29-21-23-30(24-22-29)50-44-33(25-26-40-42(44)32-15-8-11-20-39(32)51-40)41-31-14-7-6-13-28(31)27-38-43(41)48(50)36-18-12-17-35-45(36)49(38)37-19-10-9-16-34(37)47(35,4)5/h6-27H,1-5H3. The lowest BCUT2D eigenvalue weighted by Crippen LogP contribution is -2.62. The van der Waals surface area contributed by atoms with Gasteiger partial charge in [0.25, 0.3) is 0 Å². The fourth-order valence-electron chi connectivity index (χ4n) is 9.55. The van der Waals surface area contributed by atoms with Crippen molar-refractivity contribution in [3.8, 4) is 11.1 Å². The van der Waals surface area contributed by atoms with E-state index in [2.05, 4.69) is 178 Å². The van der Waals surface area contributed by atoms with Gasteiger partial charge in [0.1, 0.15) is 11.2 Å². The summed E-state index contributed by atoms with van der Waals surface area (Å²) in [6.45, 7) is 11.6. The third kappa shape index (κ3) is 3.70. The third-order valence-electron chi connectivity index (χ3n) is 12.0. The summed E-state index contributed by atoms with van der Waals surface area (Å²) >= 11 is 0. The molecule has 0 saturated carbocycles. The summed E-state index contributed by atoms with van der Waals surface area (Å²) in [7, 11) is 0. The molecule has 11 rings (SSSR count). The van der Waals surface area contributed by atoms with Crippen molar-refractivity contribution in [3.63, 3.8) is 0 Å². The summed E-state index contributed by atoms with van der Waals surface area (Å²) in [6, 6.07) is 49.9. The molecule has 0 N–H and O–H groups in total. The Bertz CT molecular complexity index is 2780. The molecule has 0 unspecified atom stereocenters. The number of hydrogen-bond donors (Lipinski definition) is 0. The maximum absolute atomic E-state index is 6.61. The highest BCUT2D eigenvalue weighted by Crippen LogP contribution is 2.56. The van der Waals surface area contributed by atoms with Crippen LogP contribution in [0.1, 0.15) is 51.3 Å². The van der Waals surface area contributed by atoms with Crippen LogP contribution in [-0.4, -0.2) is 6.85 Å². The molecule has 0 atom stereocenters. The van der Waals surface area contributed by atoms with Crippen molar-refractivity contribution >= 4 is 78.9 Å². The zero-order valence-electron chi connectivity index (χ0n) is 29.6. The van der Waals surface area contributed by atoms with Crippen molar-refractivity contribution in [2.24, 2.45) is 0 Å². The van der Waals surface area contributed by atoms with Crippen LogP contribution in [0.4, 0.5) is 28.4 Å². The van der Waals surface area contributed by atoms with Gasteiger partial charge in [-0.15, -0.1) is 0 Å². The molecule has 0 spiro atoms. The van der Waals surface area contributed by atoms with E-state index < -0.39 is 0 Å². The zero-order valence-corrected chi connectivity index (χ0v) is 29.6. The second-order valence-corrected chi connectivity index (χ2v) is 16.1. The number of rotatable bonds is 1. The SMILES string of the molecule is CC(C)(C)c1ccc(N2B3c4cccc5c4N(c4ccccc4C5(C)C)c4cc5ccccc5c(c43)-c3ccc4oc5ccccc5c4c32)cc1. The Morgan fingerprint density at radius 2 is 1.35 bits per heavy atom. The number of nitrogens with zero attached hydrogens (tertiary/aromatic N) is 2. The Morgan fingerprint density at radius 1 is 0.627 bits per heavy atom. The first-order valence-electron chi connectivity index (χ1n) is 18.1. The molecule has 0 radical (unpaired) electrons. The number of hydrogen-bond acceptors (Lipinski definition) is 3. The van der Waals surface area contributed by atoms with Crippen LogP contribution < -0.4 is 20.6 Å². The lowest BCUT2D eigenvalue weighted by atomic mass is 9.42. The van der Waals surface area contributed by atoms with Crippen LogP contribution in [0.15, 0.2) is 138 Å². The van der Waals surface area contributed by atoms with E-state index in [4.69, 9.17) is 4.42 Å².